The average molecular weight is 393 g/mol. The van der Waals surface area contributed by atoms with Crippen LogP contribution in [0.1, 0.15) is 22.5 Å². The lowest BCUT2D eigenvalue weighted by atomic mass is 9.97. The summed E-state index contributed by atoms with van der Waals surface area (Å²) in [5.41, 5.74) is 0.795. The molecule has 1 aromatic carbocycles. The topological polar surface area (TPSA) is 49.4 Å². The maximum absolute atomic E-state index is 12.5. The van der Waals surface area contributed by atoms with Gasteiger partial charge in [-0.25, -0.2) is 0 Å². The van der Waals surface area contributed by atoms with E-state index in [1.807, 2.05) is 42.5 Å². The van der Waals surface area contributed by atoms with E-state index < -0.39 is 0 Å². The number of hydrogen-bond acceptors (Lipinski definition) is 3. The largest absolute Gasteiger partial charge is 0.337 e. The Hall–Kier alpha value is -1.66. The summed E-state index contributed by atoms with van der Waals surface area (Å²) >= 11 is 4.81. The van der Waals surface area contributed by atoms with Crippen molar-refractivity contribution in [2.24, 2.45) is 5.92 Å². The van der Waals surface area contributed by atoms with Gasteiger partial charge in [-0.05, 0) is 53.0 Å². The first-order valence-corrected chi connectivity index (χ1v) is 9.15. The molecule has 2 aromatic rings. The molecule has 1 unspecified atom stereocenters. The van der Waals surface area contributed by atoms with Gasteiger partial charge in [-0.3, -0.25) is 9.59 Å². The van der Waals surface area contributed by atoms with Crippen molar-refractivity contribution in [1.29, 1.82) is 0 Å². The van der Waals surface area contributed by atoms with Crippen molar-refractivity contribution in [2.75, 3.05) is 18.4 Å². The maximum Gasteiger partial charge on any atom is 0.263 e. The van der Waals surface area contributed by atoms with Crippen LogP contribution in [0.5, 0.6) is 0 Å². The Bertz CT molecular complexity index is 702. The molecule has 1 aliphatic heterocycles. The number of amides is 2. The minimum atomic E-state index is -0.156. The molecule has 2 heterocycles. The number of rotatable bonds is 3. The van der Waals surface area contributed by atoms with E-state index in [9.17, 15) is 9.59 Å². The lowest BCUT2D eigenvalue weighted by Crippen LogP contribution is -2.43. The Morgan fingerprint density at radius 2 is 1.96 bits per heavy atom. The first kappa shape index (κ1) is 16.2. The maximum atomic E-state index is 12.5. The SMILES string of the molecule is O=C(Nc1ccccc1)C1CCCN(C(=O)c2ccc(Br)s2)C1. The Labute approximate surface area is 147 Å². The van der Waals surface area contributed by atoms with Crippen LogP contribution in [0.3, 0.4) is 0 Å². The monoisotopic (exact) mass is 392 g/mol. The van der Waals surface area contributed by atoms with Crippen LogP contribution in [0.4, 0.5) is 5.69 Å². The standard InChI is InChI=1S/C17H17BrN2O2S/c18-15-9-8-14(23-15)17(22)20-10-4-5-12(11-20)16(21)19-13-6-2-1-3-7-13/h1-3,6-9,12H,4-5,10-11H2,(H,19,21). The zero-order chi connectivity index (χ0) is 16.2. The normalized spacial score (nSPS) is 17.8. The summed E-state index contributed by atoms with van der Waals surface area (Å²) in [7, 11) is 0. The van der Waals surface area contributed by atoms with E-state index in [1.165, 1.54) is 11.3 Å². The molecule has 1 N–H and O–H groups in total. The molecule has 2 amide bonds. The molecule has 1 aromatic heterocycles. The molecule has 3 rings (SSSR count). The summed E-state index contributed by atoms with van der Waals surface area (Å²) in [6, 6.07) is 13.1. The predicted octanol–water partition coefficient (Wildman–Crippen LogP) is 4.00. The van der Waals surface area contributed by atoms with Gasteiger partial charge in [0.25, 0.3) is 5.91 Å². The molecule has 0 radical (unpaired) electrons. The van der Waals surface area contributed by atoms with Crippen molar-refractivity contribution in [1.82, 2.24) is 4.90 Å². The number of piperidine rings is 1. The fourth-order valence-electron chi connectivity index (χ4n) is 2.73. The number of para-hydroxylation sites is 1. The number of thiophene rings is 1. The van der Waals surface area contributed by atoms with Gasteiger partial charge in [0.05, 0.1) is 14.6 Å². The molecule has 0 bridgehead atoms. The molecule has 1 atom stereocenters. The summed E-state index contributed by atoms with van der Waals surface area (Å²) in [4.78, 5) is 27.4. The summed E-state index contributed by atoms with van der Waals surface area (Å²) in [6.45, 7) is 1.19. The van der Waals surface area contributed by atoms with Crippen LogP contribution >= 0.6 is 27.3 Å². The molecule has 0 aliphatic carbocycles. The molecule has 1 aliphatic rings. The number of benzene rings is 1. The van der Waals surface area contributed by atoms with Gasteiger partial charge in [0.15, 0.2) is 0 Å². The number of carbonyl (C=O) groups excluding carboxylic acids is 2. The Kier molecular flexibility index (Phi) is 5.13. The fourth-order valence-corrected chi connectivity index (χ4v) is 4.08. The van der Waals surface area contributed by atoms with Crippen molar-refractivity contribution in [3.8, 4) is 0 Å². The van der Waals surface area contributed by atoms with E-state index in [2.05, 4.69) is 21.2 Å². The number of carbonyl (C=O) groups is 2. The quantitative estimate of drug-likeness (QED) is 0.857. The van der Waals surface area contributed by atoms with Crippen LogP contribution in [0.25, 0.3) is 0 Å². The van der Waals surface area contributed by atoms with Crippen molar-refractivity contribution in [3.05, 3.63) is 51.1 Å². The van der Waals surface area contributed by atoms with E-state index >= 15 is 0 Å². The molecule has 1 fully saturated rings. The summed E-state index contributed by atoms with van der Waals surface area (Å²) in [5, 5.41) is 2.93. The highest BCUT2D eigenvalue weighted by atomic mass is 79.9. The smallest absolute Gasteiger partial charge is 0.263 e. The zero-order valence-corrected chi connectivity index (χ0v) is 14.9. The van der Waals surface area contributed by atoms with E-state index in [0.717, 1.165) is 22.3 Å². The van der Waals surface area contributed by atoms with Gasteiger partial charge >= 0.3 is 0 Å². The minimum absolute atomic E-state index is 0.0120. The fraction of sp³-hybridized carbons (Fsp3) is 0.294. The van der Waals surface area contributed by atoms with Crippen molar-refractivity contribution < 1.29 is 9.59 Å². The average Bonchev–Trinajstić information content (AvgIpc) is 3.01. The van der Waals surface area contributed by atoms with Crippen LogP contribution in [0.15, 0.2) is 46.3 Å². The van der Waals surface area contributed by atoms with Gasteiger partial charge < -0.3 is 10.2 Å². The molecule has 1 saturated heterocycles. The molecule has 120 valence electrons. The molecular formula is C17H17BrN2O2S. The molecule has 0 spiro atoms. The summed E-state index contributed by atoms with van der Waals surface area (Å²) < 4.78 is 0.941. The Balaban J connectivity index is 1.63. The van der Waals surface area contributed by atoms with Gasteiger partial charge in [0, 0.05) is 18.8 Å². The third-order valence-electron chi connectivity index (χ3n) is 3.90. The first-order valence-electron chi connectivity index (χ1n) is 7.54. The van der Waals surface area contributed by atoms with Crippen molar-refractivity contribution in [2.45, 2.75) is 12.8 Å². The Morgan fingerprint density at radius 1 is 1.17 bits per heavy atom. The lowest BCUT2D eigenvalue weighted by molar-refractivity contribution is -0.121. The summed E-state index contributed by atoms with van der Waals surface area (Å²) in [6.07, 6.45) is 1.67. The number of nitrogens with one attached hydrogen (secondary N) is 1. The van der Waals surface area contributed by atoms with Crippen LogP contribution in [-0.2, 0) is 4.79 Å². The highest BCUT2D eigenvalue weighted by Gasteiger charge is 2.29. The van der Waals surface area contributed by atoms with Gasteiger partial charge in [0.1, 0.15) is 0 Å². The number of hydrogen-bond donors (Lipinski definition) is 1. The molecular weight excluding hydrogens is 376 g/mol. The van der Waals surface area contributed by atoms with Crippen molar-refractivity contribution >= 4 is 44.8 Å². The van der Waals surface area contributed by atoms with Crippen LogP contribution in [0.2, 0.25) is 0 Å². The number of halogens is 1. The second-order valence-corrected chi connectivity index (χ2v) is 8.01. The second-order valence-electron chi connectivity index (χ2n) is 5.55. The highest BCUT2D eigenvalue weighted by molar-refractivity contribution is 9.11. The number of likely N-dealkylation sites (tertiary alicyclic amines) is 1. The van der Waals surface area contributed by atoms with Gasteiger partial charge in [0.2, 0.25) is 5.91 Å². The van der Waals surface area contributed by atoms with E-state index in [0.29, 0.717) is 18.0 Å². The molecule has 23 heavy (non-hydrogen) atoms. The third kappa shape index (κ3) is 4.00. The van der Waals surface area contributed by atoms with Crippen LogP contribution < -0.4 is 5.32 Å². The number of nitrogens with zero attached hydrogens (tertiary/aromatic N) is 1. The van der Waals surface area contributed by atoms with Gasteiger partial charge in [-0.1, -0.05) is 18.2 Å². The van der Waals surface area contributed by atoms with Gasteiger partial charge in [-0.15, -0.1) is 11.3 Å². The molecule has 0 saturated carbocycles. The van der Waals surface area contributed by atoms with Crippen molar-refractivity contribution in [3.63, 3.8) is 0 Å². The van der Waals surface area contributed by atoms with Crippen LogP contribution in [-0.4, -0.2) is 29.8 Å². The molecule has 4 nitrogen and oxygen atoms in total. The molecule has 6 heteroatoms. The third-order valence-corrected chi connectivity index (χ3v) is 5.52. The number of anilines is 1. The van der Waals surface area contributed by atoms with Gasteiger partial charge in [-0.2, -0.15) is 0 Å². The first-order chi connectivity index (χ1) is 11.1. The second kappa shape index (κ2) is 7.27. The van der Waals surface area contributed by atoms with E-state index in [1.54, 1.807) is 4.90 Å². The van der Waals surface area contributed by atoms with Crippen LogP contribution in [0, 0.1) is 5.92 Å². The minimum Gasteiger partial charge on any atom is -0.337 e. The predicted molar refractivity (Wildman–Crippen MR) is 95.7 cm³/mol. The van der Waals surface area contributed by atoms with E-state index in [-0.39, 0.29) is 17.7 Å². The summed E-state index contributed by atoms with van der Waals surface area (Å²) in [5.74, 6) is -0.157. The lowest BCUT2D eigenvalue weighted by Gasteiger charge is -2.31. The highest BCUT2D eigenvalue weighted by Crippen LogP contribution is 2.26. The zero-order valence-electron chi connectivity index (χ0n) is 12.5. The van der Waals surface area contributed by atoms with E-state index in [4.69, 9.17) is 0 Å². The Morgan fingerprint density at radius 3 is 2.65 bits per heavy atom.